The molecule has 1 heterocycles. The number of carbonyl (C=O) groups excluding carboxylic acids is 1. The second-order valence-electron chi connectivity index (χ2n) is 7.48. The second kappa shape index (κ2) is 11.2. The number of phenols is 1. The lowest BCUT2D eigenvalue weighted by Crippen LogP contribution is -2.36. The zero-order valence-corrected chi connectivity index (χ0v) is 20.7. The molecule has 1 amide bonds. The number of aromatic nitrogens is 2. The molecule has 0 aliphatic carbocycles. The molecule has 0 aliphatic rings. The fourth-order valence-corrected chi connectivity index (χ4v) is 4.54. The van der Waals surface area contributed by atoms with E-state index in [1.54, 1.807) is 12.1 Å². The van der Waals surface area contributed by atoms with Gasteiger partial charge in [-0.15, -0.1) is 0 Å². The van der Waals surface area contributed by atoms with Gasteiger partial charge in [0.05, 0.1) is 26.2 Å². The molecule has 0 radical (unpaired) electrons. The molecule has 0 spiro atoms. The molecule has 10 heteroatoms. The van der Waals surface area contributed by atoms with E-state index in [0.717, 1.165) is 21.8 Å². The number of amides is 1. The highest BCUT2D eigenvalue weighted by Crippen LogP contribution is 2.36. The van der Waals surface area contributed by atoms with Crippen LogP contribution in [0.4, 0.5) is 0 Å². The fraction of sp³-hybridized carbons (Fsp3) is 0.160. The highest BCUT2D eigenvalue weighted by molar-refractivity contribution is 7.99. The minimum Gasteiger partial charge on any atom is -0.502 e. The van der Waals surface area contributed by atoms with Crippen molar-refractivity contribution in [2.45, 2.75) is 11.7 Å². The van der Waals surface area contributed by atoms with Crippen molar-refractivity contribution in [1.29, 1.82) is 0 Å². The van der Waals surface area contributed by atoms with Gasteiger partial charge in [-0.05, 0) is 42.1 Å². The molecule has 3 aromatic carbocycles. The molecule has 8 nitrogen and oxygen atoms in total. The van der Waals surface area contributed by atoms with E-state index in [1.807, 2.05) is 48.5 Å². The summed E-state index contributed by atoms with van der Waals surface area (Å²) < 4.78 is 12.4. The number of hydrogen-bond acceptors (Lipinski definition) is 6. The van der Waals surface area contributed by atoms with Crippen molar-refractivity contribution in [3.8, 4) is 17.2 Å². The molecule has 35 heavy (non-hydrogen) atoms. The third kappa shape index (κ3) is 5.70. The predicted molar refractivity (Wildman–Crippen MR) is 137 cm³/mol. The number of carbonyl (C=O) groups is 1. The number of para-hydroxylation sites is 2. The number of rotatable bonds is 9. The summed E-state index contributed by atoms with van der Waals surface area (Å²) in [6.07, 6.45) is 1.45. The molecule has 0 saturated heterocycles. The average molecular weight is 512 g/mol. The molecule has 0 unspecified atom stereocenters. The van der Waals surface area contributed by atoms with Crippen LogP contribution in [0.1, 0.15) is 11.1 Å². The van der Waals surface area contributed by atoms with Gasteiger partial charge in [-0.2, -0.15) is 5.10 Å². The Bertz CT molecular complexity index is 1360. The second-order valence-corrected chi connectivity index (χ2v) is 8.85. The third-order valence-electron chi connectivity index (χ3n) is 5.21. The summed E-state index contributed by atoms with van der Waals surface area (Å²) in [6, 6.07) is 18.8. The molecule has 0 aliphatic heterocycles. The zero-order chi connectivity index (χ0) is 24.8. The van der Waals surface area contributed by atoms with Crippen molar-refractivity contribution in [1.82, 2.24) is 10.4 Å². The van der Waals surface area contributed by atoms with E-state index >= 15 is 0 Å². The van der Waals surface area contributed by atoms with Crippen LogP contribution in [-0.2, 0) is 11.3 Å². The number of phenolic OH excluding ortho intramolecular Hbond substituents is 1. The Morgan fingerprint density at radius 2 is 1.83 bits per heavy atom. The van der Waals surface area contributed by atoms with Gasteiger partial charge in [0.15, 0.2) is 22.5 Å². The van der Waals surface area contributed by atoms with E-state index in [-0.39, 0.29) is 28.9 Å². The SMILES string of the molecule is COc1cc(/C=N/NC(=O)CSc2[nH]c3ccccc3[n+]2Cc2ccccc2Cl)cc(OC)c1O. The van der Waals surface area contributed by atoms with Crippen LogP contribution < -0.4 is 19.5 Å². The van der Waals surface area contributed by atoms with Crippen LogP contribution in [0.15, 0.2) is 70.9 Å². The number of aromatic amines is 1. The molecule has 180 valence electrons. The maximum absolute atomic E-state index is 12.5. The number of H-pyrrole nitrogens is 1. The molecule has 0 bridgehead atoms. The first-order valence-corrected chi connectivity index (χ1v) is 12.0. The molecule has 0 atom stereocenters. The first-order valence-electron chi connectivity index (χ1n) is 10.6. The molecule has 0 fully saturated rings. The first kappa shape index (κ1) is 24.4. The lowest BCUT2D eigenvalue weighted by molar-refractivity contribution is -0.700. The number of methoxy groups -OCH3 is 2. The van der Waals surface area contributed by atoms with Crippen LogP contribution in [-0.4, -0.2) is 42.2 Å². The number of thioether (sulfide) groups is 1. The Hall–Kier alpha value is -3.69. The Labute approximate surface area is 211 Å². The summed E-state index contributed by atoms with van der Waals surface area (Å²) in [6.45, 7) is 0.566. The van der Waals surface area contributed by atoms with Crippen molar-refractivity contribution in [3.63, 3.8) is 0 Å². The van der Waals surface area contributed by atoms with Gasteiger partial charge < -0.3 is 14.6 Å². The van der Waals surface area contributed by atoms with Crippen LogP contribution in [0.5, 0.6) is 17.2 Å². The summed E-state index contributed by atoms with van der Waals surface area (Å²) >= 11 is 7.76. The number of fused-ring (bicyclic) bond motifs is 1. The van der Waals surface area contributed by atoms with Crippen molar-refractivity contribution in [2.24, 2.45) is 5.10 Å². The predicted octanol–water partition coefficient (Wildman–Crippen LogP) is 4.12. The molecule has 4 rings (SSSR count). The number of hydrazone groups is 1. The number of hydrogen-bond donors (Lipinski definition) is 3. The first-order chi connectivity index (χ1) is 17.0. The molecular weight excluding hydrogens is 488 g/mol. The largest absolute Gasteiger partial charge is 0.502 e. The van der Waals surface area contributed by atoms with Crippen molar-refractivity contribution in [3.05, 3.63) is 76.8 Å². The van der Waals surface area contributed by atoms with E-state index in [1.165, 1.54) is 32.2 Å². The van der Waals surface area contributed by atoms with Crippen molar-refractivity contribution < 1.29 is 23.9 Å². The third-order valence-corrected chi connectivity index (χ3v) is 6.58. The summed E-state index contributed by atoms with van der Waals surface area (Å²) in [5.41, 5.74) is 6.09. The number of imidazole rings is 1. The fourth-order valence-electron chi connectivity index (χ4n) is 3.51. The Kier molecular flexibility index (Phi) is 7.79. The number of nitrogens with one attached hydrogen (secondary N) is 2. The van der Waals surface area contributed by atoms with Gasteiger partial charge in [-0.25, -0.2) is 15.0 Å². The highest BCUT2D eigenvalue weighted by atomic mass is 35.5. The van der Waals surface area contributed by atoms with Crippen molar-refractivity contribution >= 4 is 46.5 Å². The van der Waals surface area contributed by atoms with Crippen LogP contribution in [0.2, 0.25) is 5.02 Å². The van der Waals surface area contributed by atoms with Gasteiger partial charge in [0, 0.05) is 16.1 Å². The Morgan fingerprint density at radius 1 is 1.14 bits per heavy atom. The van der Waals surface area contributed by atoms with E-state index in [9.17, 15) is 9.90 Å². The van der Waals surface area contributed by atoms with Gasteiger partial charge in [0.1, 0.15) is 6.54 Å². The smallest absolute Gasteiger partial charge is 0.317 e. The van der Waals surface area contributed by atoms with Crippen LogP contribution >= 0.6 is 23.4 Å². The van der Waals surface area contributed by atoms with E-state index in [2.05, 4.69) is 20.1 Å². The maximum atomic E-state index is 12.5. The average Bonchev–Trinajstić information content (AvgIpc) is 3.22. The molecule has 0 saturated carbocycles. The van der Waals surface area contributed by atoms with E-state index in [0.29, 0.717) is 17.1 Å². The number of aromatic hydroxyl groups is 1. The highest BCUT2D eigenvalue weighted by Gasteiger charge is 2.21. The number of benzene rings is 3. The summed E-state index contributed by atoms with van der Waals surface area (Å²) in [5.74, 6) is 0.265. The number of ether oxygens (including phenoxy) is 2. The normalized spacial score (nSPS) is 11.2. The summed E-state index contributed by atoms with van der Waals surface area (Å²) in [4.78, 5) is 15.9. The quantitative estimate of drug-likeness (QED) is 0.136. The number of nitrogens with zero attached hydrogens (tertiary/aromatic N) is 2. The standard InChI is InChI=1S/C25H23ClN4O4S/c1-33-21-11-16(12-22(34-2)24(21)32)13-27-29-23(31)15-35-25-28-19-9-5-6-10-20(19)30(25)14-17-7-3-4-8-18(17)26/h3-13H,14-15H2,1-2H3,(H2,27,29,31,32)/p+1. The van der Waals surface area contributed by atoms with Crippen LogP contribution in [0, 0.1) is 0 Å². The van der Waals surface area contributed by atoms with Gasteiger partial charge in [-0.3, -0.25) is 4.79 Å². The number of halogens is 1. The minimum atomic E-state index is -0.271. The van der Waals surface area contributed by atoms with E-state index < -0.39 is 0 Å². The zero-order valence-electron chi connectivity index (χ0n) is 19.1. The minimum absolute atomic E-state index is 0.101. The Balaban J connectivity index is 1.45. The molecular formula is C25H24ClN4O4S+. The van der Waals surface area contributed by atoms with Crippen molar-refractivity contribution in [2.75, 3.05) is 20.0 Å². The molecule has 3 N–H and O–H groups in total. The Morgan fingerprint density at radius 3 is 2.54 bits per heavy atom. The van der Waals surface area contributed by atoms with Gasteiger partial charge in [-0.1, -0.05) is 41.9 Å². The lowest BCUT2D eigenvalue weighted by Gasteiger charge is -2.09. The monoisotopic (exact) mass is 511 g/mol. The summed E-state index contributed by atoms with van der Waals surface area (Å²) in [7, 11) is 2.88. The van der Waals surface area contributed by atoms with Crippen LogP contribution in [0.3, 0.4) is 0 Å². The maximum Gasteiger partial charge on any atom is 0.317 e. The molecule has 4 aromatic rings. The topological polar surface area (TPSA) is 99.8 Å². The molecule has 1 aromatic heterocycles. The van der Waals surface area contributed by atoms with Gasteiger partial charge >= 0.3 is 5.16 Å². The van der Waals surface area contributed by atoms with E-state index in [4.69, 9.17) is 21.1 Å². The lowest BCUT2D eigenvalue weighted by atomic mass is 10.2. The van der Waals surface area contributed by atoms with Gasteiger partial charge in [0.2, 0.25) is 5.75 Å². The van der Waals surface area contributed by atoms with Gasteiger partial charge in [0.25, 0.3) is 5.91 Å². The summed E-state index contributed by atoms with van der Waals surface area (Å²) in [5, 5.41) is 15.5. The van der Waals surface area contributed by atoms with Crippen LogP contribution in [0.25, 0.3) is 11.0 Å².